The van der Waals surface area contributed by atoms with E-state index in [-0.39, 0.29) is 11.5 Å². The lowest BCUT2D eigenvalue weighted by atomic mass is 9.64. The fourth-order valence-corrected chi connectivity index (χ4v) is 3.15. The topological polar surface area (TPSA) is 58.9 Å². The molecule has 0 aromatic carbocycles. The summed E-state index contributed by atoms with van der Waals surface area (Å²) in [6, 6.07) is 3.41. The van der Waals surface area contributed by atoms with E-state index in [1.54, 1.807) is 6.07 Å². The average molecular weight is 228 g/mol. The van der Waals surface area contributed by atoms with E-state index in [1.165, 1.54) is 5.57 Å². The molecule has 1 aromatic heterocycles. The van der Waals surface area contributed by atoms with Gasteiger partial charge in [0.25, 0.3) is 0 Å². The highest BCUT2D eigenvalue weighted by atomic mass is 16.1. The highest BCUT2D eigenvalue weighted by Crippen LogP contribution is 2.46. The van der Waals surface area contributed by atoms with Crippen LogP contribution in [0.3, 0.4) is 0 Å². The predicted octanol–water partition coefficient (Wildman–Crippen LogP) is 1.61. The summed E-state index contributed by atoms with van der Waals surface area (Å²) in [5.41, 5.74) is 10.4. The van der Waals surface area contributed by atoms with Crippen LogP contribution >= 0.6 is 0 Å². The van der Waals surface area contributed by atoms with E-state index in [0.717, 1.165) is 29.7 Å². The van der Waals surface area contributed by atoms with Gasteiger partial charge in [-0.05, 0) is 37.0 Å². The van der Waals surface area contributed by atoms with Gasteiger partial charge in [0, 0.05) is 17.7 Å². The number of H-pyrrole nitrogens is 1. The summed E-state index contributed by atoms with van der Waals surface area (Å²) >= 11 is 0. The smallest absolute Gasteiger partial charge is 0.248 e. The van der Waals surface area contributed by atoms with Crippen LogP contribution in [0.15, 0.2) is 40.7 Å². The third-order valence-electron chi connectivity index (χ3n) is 3.97. The lowest BCUT2D eigenvalue weighted by molar-refractivity contribution is 0.412. The Morgan fingerprint density at radius 1 is 1.53 bits per heavy atom. The summed E-state index contributed by atoms with van der Waals surface area (Å²) < 4.78 is 0. The molecular weight excluding hydrogens is 212 g/mol. The van der Waals surface area contributed by atoms with Crippen molar-refractivity contribution in [2.45, 2.75) is 25.3 Å². The minimum atomic E-state index is -0.499. The summed E-state index contributed by atoms with van der Waals surface area (Å²) in [4.78, 5) is 14.3. The number of allylic oxidation sites excluding steroid dienone is 1. The quantitative estimate of drug-likeness (QED) is 0.663. The minimum Gasteiger partial charge on any atom is -0.326 e. The summed E-state index contributed by atoms with van der Waals surface area (Å²) in [6.07, 6.45) is 3.82. The molecule has 17 heavy (non-hydrogen) atoms. The minimum absolute atomic E-state index is 0.0568. The van der Waals surface area contributed by atoms with Gasteiger partial charge in [0.1, 0.15) is 0 Å². The average Bonchev–Trinajstić information content (AvgIpc) is 2.23. The molecule has 3 rings (SSSR count). The normalized spacial score (nSPS) is 30.8. The Balaban J connectivity index is 2.27. The number of fused-ring (bicyclic) bond motifs is 4. The molecule has 2 aliphatic carbocycles. The lowest BCUT2D eigenvalue weighted by Gasteiger charge is -2.44. The van der Waals surface area contributed by atoms with Crippen LogP contribution in [0.1, 0.15) is 24.6 Å². The molecule has 2 aliphatic rings. The molecule has 3 heteroatoms. The van der Waals surface area contributed by atoms with E-state index in [0.29, 0.717) is 0 Å². The first-order valence-corrected chi connectivity index (χ1v) is 5.89. The first kappa shape index (κ1) is 10.5. The zero-order valence-electron chi connectivity index (χ0n) is 9.92. The Labute approximate surface area is 100 Å². The molecule has 0 unspecified atom stereocenters. The van der Waals surface area contributed by atoms with Gasteiger partial charge in [-0.2, -0.15) is 0 Å². The van der Waals surface area contributed by atoms with Crippen LogP contribution in [0.25, 0.3) is 0 Å². The van der Waals surface area contributed by atoms with E-state index in [1.807, 2.05) is 6.07 Å². The lowest BCUT2D eigenvalue weighted by Crippen LogP contribution is -2.47. The largest absolute Gasteiger partial charge is 0.326 e. The molecule has 0 fully saturated rings. The van der Waals surface area contributed by atoms with Crippen LogP contribution < -0.4 is 11.3 Å². The molecule has 0 radical (unpaired) electrons. The molecule has 1 aromatic rings. The molecule has 0 saturated carbocycles. The summed E-state index contributed by atoms with van der Waals surface area (Å²) in [5, 5.41) is 0. The van der Waals surface area contributed by atoms with Crippen molar-refractivity contribution in [3.05, 3.63) is 57.5 Å². The van der Waals surface area contributed by atoms with E-state index in [4.69, 9.17) is 5.73 Å². The molecule has 2 atom stereocenters. The van der Waals surface area contributed by atoms with Crippen molar-refractivity contribution in [2.24, 2.45) is 11.7 Å². The van der Waals surface area contributed by atoms with Gasteiger partial charge in [0.2, 0.25) is 5.56 Å². The summed E-state index contributed by atoms with van der Waals surface area (Å²) in [7, 11) is 0. The maximum Gasteiger partial charge on any atom is 0.248 e. The Bertz CT molecular complexity index is 596. The highest BCUT2D eigenvalue weighted by Gasteiger charge is 2.42. The number of pyridine rings is 1. The molecule has 0 aliphatic heterocycles. The Hall–Kier alpha value is -1.61. The number of hydrogen-bond acceptors (Lipinski definition) is 2. The molecule has 0 amide bonds. The molecule has 3 N–H and O–H groups in total. The van der Waals surface area contributed by atoms with Gasteiger partial charge in [0.05, 0.1) is 5.54 Å². The maximum atomic E-state index is 11.4. The Morgan fingerprint density at radius 2 is 2.29 bits per heavy atom. The number of aromatic amines is 1. The molecular formula is C14H16N2O. The number of aromatic nitrogens is 1. The Kier molecular flexibility index (Phi) is 1.98. The van der Waals surface area contributed by atoms with Crippen LogP contribution in [0.2, 0.25) is 0 Å². The van der Waals surface area contributed by atoms with Crippen LogP contribution in [0.5, 0.6) is 0 Å². The number of nitrogens with one attached hydrogen (secondary N) is 1. The van der Waals surface area contributed by atoms with Crippen molar-refractivity contribution in [3.8, 4) is 0 Å². The van der Waals surface area contributed by atoms with Crippen molar-refractivity contribution in [1.82, 2.24) is 4.98 Å². The maximum absolute atomic E-state index is 11.4. The van der Waals surface area contributed by atoms with Crippen molar-refractivity contribution >= 4 is 0 Å². The van der Waals surface area contributed by atoms with Gasteiger partial charge in [-0.1, -0.05) is 18.2 Å². The first-order valence-electron chi connectivity index (χ1n) is 5.89. The van der Waals surface area contributed by atoms with Crippen LogP contribution in [-0.2, 0) is 12.0 Å². The zero-order chi connectivity index (χ0) is 12.2. The summed E-state index contributed by atoms with van der Waals surface area (Å²) in [6.45, 7) is 6.27. The van der Waals surface area contributed by atoms with Crippen molar-refractivity contribution in [3.63, 3.8) is 0 Å². The van der Waals surface area contributed by atoms with E-state index < -0.39 is 5.54 Å². The number of rotatable bonds is 0. The molecule has 1 heterocycles. The second kappa shape index (κ2) is 3.20. The van der Waals surface area contributed by atoms with Crippen molar-refractivity contribution in [1.29, 1.82) is 0 Å². The molecule has 0 saturated heterocycles. The number of hydrogen-bond donors (Lipinski definition) is 2. The van der Waals surface area contributed by atoms with Crippen LogP contribution in [-0.4, -0.2) is 4.98 Å². The second-order valence-corrected chi connectivity index (χ2v) is 5.21. The molecule has 88 valence electrons. The van der Waals surface area contributed by atoms with Gasteiger partial charge in [-0.15, -0.1) is 0 Å². The van der Waals surface area contributed by atoms with E-state index in [2.05, 4.69) is 24.6 Å². The fourth-order valence-electron chi connectivity index (χ4n) is 3.15. The van der Waals surface area contributed by atoms with Gasteiger partial charge in [-0.3, -0.25) is 4.79 Å². The monoisotopic (exact) mass is 228 g/mol. The van der Waals surface area contributed by atoms with Crippen molar-refractivity contribution < 1.29 is 0 Å². The van der Waals surface area contributed by atoms with Gasteiger partial charge in [-0.25, -0.2) is 0 Å². The Morgan fingerprint density at radius 3 is 3.06 bits per heavy atom. The summed E-state index contributed by atoms with van der Waals surface area (Å²) in [5.74, 6) is 0.263. The van der Waals surface area contributed by atoms with Gasteiger partial charge >= 0.3 is 0 Å². The van der Waals surface area contributed by atoms with E-state index in [9.17, 15) is 4.79 Å². The third kappa shape index (κ3) is 1.35. The van der Waals surface area contributed by atoms with Crippen molar-refractivity contribution in [2.75, 3.05) is 0 Å². The van der Waals surface area contributed by atoms with E-state index >= 15 is 0 Å². The SMILES string of the molecule is C=C1[C@@H]2C=C(C)C[C@@]1(N)c1ccc(=O)[nH]c1C2. The van der Waals surface area contributed by atoms with Crippen LogP contribution in [0.4, 0.5) is 0 Å². The fraction of sp³-hybridized carbons (Fsp3) is 0.357. The molecule has 2 bridgehead atoms. The highest BCUT2D eigenvalue weighted by molar-refractivity contribution is 5.47. The van der Waals surface area contributed by atoms with Crippen LogP contribution in [0, 0.1) is 5.92 Å². The number of nitrogens with two attached hydrogens (primary N) is 1. The standard InChI is InChI=1S/C14H16N2O/c1-8-5-10-6-12-11(3-4-13(17)16-12)14(15,7-8)9(10)2/h3-5,10H,2,6-7,15H2,1H3,(H,16,17)/t10-,14+/m1/s1. The second-order valence-electron chi connectivity index (χ2n) is 5.21. The molecule has 0 spiro atoms. The zero-order valence-corrected chi connectivity index (χ0v) is 9.92. The first-order chi connectivity index (χ1) is 8.00. The third-order valence-corrected chi connectivity index (χ3v) is 3.97. The molecule has 3 nitrogen and oxygen atoms in total. The van der Waals surface area contributed by atoms with Gasteiger partial charge in [0.15, 0.2) is 0 Å². The van der Waals surface area contributed by atoms with Gasteiger partial charge < -0.3 is 10.7 Å². The predicted molar refractivity (Wildman–Crippen MR) is 67.6 cm³/mol.